The molecule has 0 spiro atoms. The normalized spacial score (nSPS) is 21.0. The number of nitrogens with one attached hydrogen (secondary N) is 1. The van der Waals surface area contributed by atoms with Crippen LogP contribution in [-0.2, 0) is 13.5 Å². The maximum Gasteiger partial charge on any atom is 0.0945 e. The van der Waals surface area contributed by atoms with Crippen LogP contribution in [-0.4, -0.2) is 33.3 Å². The van der Waals surface area contributed by atoms with Crippen LogP contribution >= 0.6 is 0 Å². The highest BCUT2D eigenvalue weighted by Crippen LogP contribution is 2.22. The van der Waals surface area contributed by atoms with Crippen LogP contribution in [0.2, 0.25) is 0 Å². The largest absolute Gasteiger partial charge is 0.389 e. The van der Waals surface area contributed by atoms with Crippen LogP contribution in [0.5, 0.6) is 0 Å². The van der Waals surface area contributed by atoms with E-state index in [1.54, 1.807) is 6.33 Å². The van der Waals surface area contributed by atoms with Gasteiger partial charge in [-0.1, -0.05) is 0 Å². The van der Waals surface area contributed by atoms with Crippen LogP contribution in [0.4, 0.5) is 0 Å². The van der Waals surface area contributed by atoms with Crippen molar-refractivity contribution in [3.8, 4) is 0 Å². The molecule has 1 aliphatic heterocycles. The Kier molecular flexibility index (Phi) is 2.56. The molecule has 4 heteroatoms. The van der Waals surface area contributed by atoms with Crippen LogP contribution in [0, 0.1) is 0 Å². The van der Waals surface area contributed by atoms with E-state index >= 15 is 0 Å². The van der Waals surface area contributed by atoms with Gasteiger partial charge in [0.25, 0.3) is 0 Å². The first kappa shape index (κ1) is 9.68. The van der Waals surface area contributed by atoms with E-state index in [-0.39, 0.29) is 0 Å². The van der Waals surface area contributed by atoms with Crippen molar-refractivity contribution < 1.29 is 5.11 Å². The third kappa shape index (κ3) is 1.96. The highest BCUT2D eigenvalue weighted by molar-refractivity contribution is 5.04. The van der Waals surface area contributed by atoms with Gasteiger partial charge in [-0.25, -0.2) is 4.98 Å². The van der Waals surface area contributed by atoms with Crippen LogP contribution < -0.4 is 5.32 Å². The van der Waals surface area contributed by atoms with Gasteiger partial charge in [0.2, 0.25) is 0 Å². The fourth-order valence-electron chi connectivity index (χ4n) is 1.96. The molecule has 2 N–H and O–H groups in total. The summed E-state index contributed by atoms with van der Waals surface area (Å²) in [5, 5.41) is 13.5. The van der Waals surface area contributed by atoms with Crippen molar-refractivity contribution >= 4 is 0 Å². The fourth-order valence-corrected chi connectivity index (χ4v) is 1.96. The van der Waals surface area contributed by atoms with E-state index < -0.39 is 5.60 Å². The number of imidazole rings is 1. The van der Waals surface area contributed by atoms with Crippen LogP contribution in [0.25, 0.3) is 0 Å². The summed E-state index contributed by atoms with van der Waals surface area (Å²) < 4.78 is 1.97. The van der Waals surface area contributed by atoms with Crippen LogP contribution in [0.1, 0.15) is 18.5 Å². The van der Waals surface area contributed by atoms with E-state index in [1.165, 1.54) is 0 Å². The van der Waals surface area contributed by atoms with Gasteiger partial charge in [0.15, 0.2) is 0 Å². The second-order valence-electron chi connectivity index (χ2n) is 4.15. The first-order valence-electron chi connectivity index (χ1n) is 5.08. The number of hydrogen-bond donors (Lipinski definition) is 2. The summed E-state index contributed by atoms with van der Waals surface area (Å²) >= 11 is 0. The molecule has 0 aromatic carbocycles. The number of hydrogen-bond acceptors (Lipinski definition) is 3. The van der Waals surface area contributed by atoms with Crippen molar-refractivity contribution in [1.29, 1.82) is 0 Å². The molecule has 0 saturated carbocycles. The van der Waals surface area contributed by atoms with E-state index in [0.717, 1.165) is 31.6 Å². The van der Waals surface area contributed by atoms with E-state index in [4.69, 9.17) is 0 Å². The number of nitrogens with zero attached hydrogens (tertiary/aromatic N) is 2. The van der Waals surface area contributed by atoms with Gasteiger partial charge in [-0.15, -0.1) is 0 Å². The van der Waals surface area contributed by atoms with Gasteiger partial charge in [0.05, 0.1) is 11.9 Å². The number of rotatable bonds is 2. The summed E-state index contributed by atoms with van der Waals surface area (Å²) in [6.45, 7) is 1.82. The van der Waals surface area contributed by atoms with Gasteiger partial charge in [-0.05, 0) is 25.9 Å². The zero-order valence-corrected chi connectivity index (χ0v) is 8.53. The zero-order chi connectivity index (χ0) is 10.0. The zero-order valence-electron chi connectivity index (χ0n) is 8.53. The lowest BCUT2D eigenvalue weighted by Crippen LogP contribution is -2.43. The SMILES string of the molecule is Cn1cncc1CC1(O)CCNCC1. The summed E-state index contributed by atoms with van der Waals surface area (Å²) in [6.07, 6.45) is 5.99. The molecule has 1 saturated heterocycles. The predicted octanol–water partition coefficient (Wildman–Crippen LogP) is 0.0771. The summed E-state index contributed by atoms with van der Waals surface area (Å²) in [4.78, 5) is 4.05. The minimum atomic E-state index is -0.529. The minimum absolute atomic E-state index is 0.529. The first-order chi connectivity index (χ1) is 6.70. The monoisotopic (exact) mass is 195 g/mol. The van der Waals surface area contributed by atoms with Gasteiger partial charge in [0.1, 0.15) is 0 Å². The van der Waals surface area contributed by atoms with Crippen LogP contribution in [0.3, 0.4) is 0 Å². The summed E-state index contributed by atoms with van der Waals surface area (Å²) in [7, 11) is 1.97. The summed E-state index contributed by atoms with van der Waals surface area (Å²) in [5.41, 5.74) is 0.577. The van der Waals surface area contributed by atoms with E-state index in [2.05, 4.69) is 10.3 Å². The van der Waals surface area contributed by atoms with Crippen molar-refractivity contribution in [2.75, 3.05) is 13.1 Å². The first-order valence-corrected chi connectivity index (χ1v) is 5.08. The molecule has 0 bridgehead atoms. The van der Waals surface area contributed by atoms with Crippen molar-refractivity contribution in [1.82, 2.24) is 14.9 Å². The molecule has 4 nitrogen and oxygen atoms in total. The van der Waals surface area contributed by atoms with E-state index in [9.17, 15) is 5.11 Å². The van der Waals surface area contributed by atoms with Crippen molar-refractivity contribution in [3.63, 3.8) is 0 Å². The summed E-state index contributed by atoms with van der Waals surface area (Å²) in [5.74, 6) is 0. The van der Waals surface area contributed by atoms with Crippen LogP contribution in [0.15, 0.2) is 12.5 Å². The van der Waals surface area contributed by atoms with Gasteiger partial charge >= 0.3 is 0 Å². The number of aromatic nitrogens is 2. The van der Waals surface area contributed by atoms with Gasteiger partial charge in [-0.2, -0.15) is 0 Å². The molecule has 0 aliphatic carbocycles. The fraction of sp³-hybridized carbons (Fsp3) is 0.700. The number of aliphatic hydroxyl groups is 1. The van der Waals surface area contributed by atoms with Crippen molar-refractivity contribution in [3.05, 3.63) is 18.2 Å². The second-order valence-corrected chi connectivity index (χ2v) is 4.15. The molecule has 1 aromatic heterocycles. The average molecular weight is 195 g/mol. The third-order valence-electron chi connectivity index (χ3n) is 2.96. The maximum absolute atomic E-state index is 10.3. The molecule has 1 aliphatic rings. The lowest BCUT2D eigenvalue weighted by atomic mass is 9.88. The quantitative estimate of drug-likeness (QED) is 0.702. The maximum atomic E-state index is 10.3. The Morgan fingerprint density at radius 3 is 2.86 bits per heavy atom. The molecule has 78 valence electrons. The molecule has 0 atom stereocenters. The second kappa shape index (κ2) is 3.71. The molecule has 0 amide bonds. The molecule has 2 heterocycles. The molecule has 0 radical (unpaired) electrons. The molecule has 1 aromatic rings. The molecular formula is C10H17N3O. The van der Waals surface area contributed by atoms with E-state index in [1.807, 2.05) is 17.8 Å². The standard InChI is InChI=1S/C10H17N3O/c1-13-8-12-7-9(13)6-10(14)2-4-11-5-3-10/h7-8,11,14H,2-6H2,1H3. The molecule has 0 unspecified atom stereocenters. The third-order valence-corrected chi connectivity index (χ3v) is 2.96. The van der Waals surface area contributed by atoms with Crippen molar-refractivity contribution in [2.24, 2.45) is 7.05 Å². The average Bonchev–Trinajstić information content (AvgIpc) is 2.52. The van der Waals surface area contributed by atoms with Crippen molar-refractivity contribution in [2.45, 2.75) is 24.9 Å². The Bertz CT molecular complexity index is 302. The Morgan fingerprint density at radius 2 is 2.29 bits per heavy atom. The van der Waals surface area contributed by atoms with E-state index in [0.29, 0.717) is 6.42 Å². The molecular weight excluding hydrogens is 178 g/mol. The lowest BCUT2D eigenvalue weighted by Gasteiger charge is -2.32. The topological polar surface area (TPSA) is 50.1 Å². The van der Waals surface area contributed by atoms with Gasteiger partial charge in [0, 0.05) is 25.4 Å². The minimum Gasteiger partial charge on any atom is -0.389 e. The molecule has 1 fully saturated rings. The Balaban J connectivity index is 2.05. The highest BCUT2D eigenvalue weighted by atomic mass is 16.3. The Hall–Kier alpha value is -0.870. The number of aryl methyl sites for hydroxylation is 1. The Labute approximate surface area is 84.0 Å². The smallest absolute Gasteiger partial charge is 0.0945 e. The lowest BCUT2D eigenvalue weighted by molar-refractivity contribution is 0.00946. The molecule has 14 heavy (non-hydrogen) atoms. The highest BCUT2D eigenvalue weighted by Gasteiger charge is 2.29. The molecule has 2 rings (SSSR count). The number of piperidine rings is 1. The Morgan fingerprint density at radius 1 is 1.57 bits per heavy atom. The summed E-state index contributed by atoms with van der Waals surface area (Å²) in [6, 6.07) is 0. The van der Waals surface area contributed by atoms with Gasteiger partial charge < -0.3 is 15.0 Å². The predicted molar refractivity (Wildman–Crippen MR) is 54.0 cm³/mol. The van der Waals surface area contributed by atoms with Gasteiger partial charge in [-0.3, -0.25) is 0 Å².